The number of rotatable bonds is 3. The highest BCUT2D eigenvalue weighted by Gasteiger charge is 2.06. The molecule has 0 aliphatic heterocycles. The van der Waals surface area contributed by atoms with Crippen molar-refractivity contribution in [3.63, 3.8) is 0 Å². The second-order valence-electron chi connectivity index (χ2n) is 4.49. The van der Waals surface area contributed by atoms with Crippen molar-refractivity contribution in [2.24, 2.45) is 0 Å². The van der Waals surface area contributed by atoms with Crippen LogP contribution in [0.2, 0.25) is 0 Å². The standard InChI is InChI=1S/C16H13N3O/c1-20-14-4-5-16-12(9-14)6-8-19(16)11-13-3-2-7-18-15(13)10-17/h2-9H,11H2,1H3. The zero-order valence-corrected chi connectivity index (χ0v) is 11.1. The second-order valence-corrected chi connectivity index (χ2v) is 4.49. The molecule has 0 amide bonds. The summed E-state index contributed by atoms with van der Waals surface area (Å²) in [5.74, 6) is 0.842. The van der Waals surface area contributed by atoms with Crippen LogP contribution >= 0.6 is 0 Å². The molecule has 4 nitrogen and oxygen atoms in total. The number of ether oxygens (including phenoxy) is 1. The van der Waals surface area contributed by atoms with Crippen LogP contribution in [0.4, 0.5) is 0 Å². The Balaban J connectivity index is 2.01. The van der Waals surface area contributed by atoms with Crippen molar-refractivity contribution in [2.75, 3.05) is 7.11 Å². The highest BCUT2D eigenvalue weighted by molar-refractivity contribution is 5.81. The summed E-state index contributed by atoms with van der Waals surface area (Å²) in [7, 11) is 1.66. The van der Waals surface area contributed by atoms with E-state index in [2.05, 4.69) is 15.6 Å². The molecular formula is C16H13N3O. The minimum absolute atomic E-state index is 0.475. The minimum atomic E-state index is 0.475. The first-order valence-electron chi connectivity index (χ1n) is 6.28. The topological polar surface area (TPSA) is 50.8 Å². The van der Waals surface area contributed by atoms with Crippen LogP contribution in [-0.2, 0) is 6.54 Å². The molecule has 0 saturated carbocycles. The molecule has 98 valence electrons. The minimum Gasteiger partial charge on any atom is -0.497 e. The lowest BCUT2D eigenvalue weighted by atomic mass is 10.2. The predicted molar refractivity (Wildman–Crippen MR) is 76.5 cm³/mol. The number of methoxy groups -OCH3 is 1. The fourth-order valence-corrected chi connectivity index (χ4v) is 2.29. The maximum absolute atomic E-state index is 9.09. The average molecular weight is 263 g/mol. The van der Waals surface area contributed by atoms with E-state index < -0.39 is 0 Å². The number of fused-ring (bicyclic) bond motifs is 1. The lowest BCUT2D eigenvalue weighted by Crippen LogP contribution is -2.01. The molecule has 0 saturated heterocycles. The Labute approximate surface area is 116 Å². The maximum Gasteiger partial charge on any atom is 0.145 e. The average Bonchev–Trinajstić information content (AvgIpc) is 2.90. The van der Waals surface area contributed by atoms with Crippen molar-refractivity contribution >= 4 is 10.9 Å². The number of pyridine rings is 1. The van der Waals surface area contributed by atoms with Gasteiger partial charge in [-0.05, 0) is 30.3 Å². The summed E-state index contributed by atoms with van der Waals surface area (Å²) in [6, 6.07) is 13.9. The Kier molecular flexibility index (Phi) is 3.10. The summed E-state index contributed by atoms with van der Waals surface area (Å²) in [5.41, 5.74) is 2.50. The first kappa shape index (κ1) is 12.2. The molecule has 2 aromatic heterocycles. The van der Waals surface area contributed by atoms with E-state index in [0.29, 0.717) is 12.2 Å². The second kappa shape index (κ2) is 5.06. The fourth-order valence-electron chi connectivity index (χ4n) is 2.29. The number of nitriles is 1. The van der Waals surface area contributed by atoms with Gasteiger partial charge in [0.05, 0.1) is 13.7 Å². The van der Waals surface area contributed by atoms with Crippen molar-refractivity contribution in [1.29, 1.82) is 5.26 Å². The molecule has 3 rings (SSSR count). The van der Waals surface area contributed by atoms with Gasteiger partial charge in [0.15, 0.2) is 0 Å². The maximum atomic E-state index is 9.09. The molecule has 0 unspecified atom stereocenters. The van der Waals surface area contributed by atoms with E-state index in [4.69, 9.17) is 10.00 Å². The molecule has 0 bridgehead atoms. The van der Waals surface area contributed by atoms with E-state index in [1.54, 1.807) is 13.3 Å². The van der Waals surface area contributed by atoms with E-state index in [1.165, 1.54) is 0 Å². The van der Waals surface area contributed by atoms with E-state index in [9.17, 15) is 0 Å². The molecule has 2 heterocycles. The Hall–Kier alpha value is -2.80. The van der Waals surface area contributed by atoms with Gasteiger partial charge in [0.1, 0.15) is 17.5 Å². The van der Waals surface area contributed by atoms with Gasteiger partial charge < -0.3 is 9.30 Å². The van der Waals surface area contributed by atoms with Gasteiger partial charge in [-0.15, -0.1) is 0 Å². The molecule has 3 aromatic rings. The zero-order valence-electron chi connectivity index (χ0n) is 11.1. The Morgan fingerprint density at radius 2 is 2.20 bits per heavy atom. The quantitative estimate of drug-likeness (QED) is 0.730. The van der Waals surface area contributed by atoms with Gasteiger partial charge in [0.2, 0.25) is 0 Å². The number of hydrogen-bond donors (Lipinski definition) is 0. The molecule has 4 heteroatoms. The van der Waals surface area contributed by atoms with Gasteiger partial charge in [0, 0.05) is 28.9 Å². The van der Waals surface area contributed by atoms with E-state index in [-0.39, 0.29) is 0 Å². The smallest absolute Gasteiger partial charge is 0.145 e. The van der Waals surface area contributed by atoms with Crippen LogP contribution < -0.4 is 4.74 Å². The number of benzene rings is 1. The van der Waals surface area contributed by atoms with Crippen molar-refractivity contribution < 1.29 is 4.74 Å². The largest absolute Gasteiger partial charge is 0.497 e. The first-order valence-corrected chi connectivity index (χ1v) is 6.28. The van der Waals surface area contributed by atoms with Crippen molar-refractivity contribution in [3.8, 4) is 11.8 Å². The molecule has 0 radical (unpaired) electrons. The SMILES string of the molecule is COc1ccc2c(ccn2Cc2cccnc2C#N)c1. The summed E-state index contributed by atoms with van der Waals surface area (Å²) in [6.07, 6.45) is 3.65. The highest BCUT2D eigenvalue weighted by Crippen LogP contribution is 2.22. The van der Waals surface area contributed by atoms with Crippen LogP contribution in [0.1, 0.15) is 11.3 Å². The van der Waals surface area contributed by atoms with Crippen LogP contribution in [0.3, 0.4) is 0 Å². The number of hydrogen-bond acceptors (Lipinski definition) is 3. The third-order valence-electron chi connectivity index (χ3n) is 3.32. The lowest BCUT2D eigenvalue weighted by molar-refractivity contribution is 0.415. The van der Waals surface area contributed by atoms with Gasteiger partial charge in [-0.3, -0.25) is 0 Å². The molecule has 20 heavy (non-hydrogen) atoms. The fraction of sp³-hybridized carbons (Fsp3) is 0.125. The van der Waals surface area contributed by atoms with Gasteiger partial charge in [-0.1, -0.05) is 6.07 Å². The van der Waals surface area contributed by atoms with Crippen LogP contribution in [-0.4, -0.2) is 16.7 Å². The van der Waals surface area contributed by atoms with Gasteiger partial charge >= 0.3 is 0 Å². The Bertz CT molecular complexity index is 799. The van der Waals surface area contributed by atoms with Crippen LogP contribution in [0.25, 0.3) is 10.9 Å². The van der Waals surface area contributed by atoms with Crippen LogP contribution in [0, 0.1) is 11.3 Å². The van der Waals surface area contributed by atoms with Crippen molar-refractivity contribution in [1.82, 2.24) is 9.55 Å². The zero-order chi connectivity index (χ0) is 13.9. The summed E-state index contributed by atoms with van der Waals surface area (Å²) >= 11 is 0. The van der Waals surface area contributed by atoms with Gasteiger partial charge in [-0.25, -0.2) is 4.98 Å². The lowest BCUT2D eigenvalue weighted by Gasteiger charge is -2.07. The Morgan fingerprint density at radius 3 is 3.00 bits per heavy atom. The van der Waals surface area contributed by atoms with Gasteiger partial charge in [-0.2, -0.15) is 5.26 Å². The van der Waals surface area contributed by atoms with E-state index >= 15 is 0 Å². The van der Waals surface area contributed by atoms with Crippen molar-refractivity contribution in [2.45, 2.75) is 6.54 Å². The summed E-state index contributed by atoms with van der Waals surface area (Å²) in [5, 5.41) is 10.2. The monoisotopic (exact) mass is 263 g/mol. The van der Waals surface area contributed by atoms with E-state index in [1.807, 2.05) is 42.6 Å². The van der Waals surface area contributed by atoms with Crippen molar-refractivity contribution in [3.05, 3.63) is 60.0 Å². The molecule has 0 aliphatic carbocycles. The molecule has 0 N–H and O–H groups in total. The Morgan fingerprint density at radius 1 is 1.30 bits per heavy atom. The normalized spacial score (nSPS) is 10.4. The molecule has 1 aromatic carbocycles. The number of nitrogens with zero attached hydrogens (tertiary/aromatic N) is 3. The molecule has 0 atom stereocenters. The van der Waals surface area contributed by atoms with E-state index in [0.717, 1.165) is 22.2 Å². The van der Waals surface area contributed by atoms with Crippen LogP contribution in [0.15, 0.2) is 48.8 Å². The summed E-state index contributed by atoms with van der Waals surface area (Å²) in [4.78, 5) is 4.09. The number of aromatic nitrogens is 2. The molecule has 0 spiro atoms. The highest BCUT2D eigenvalue weighted by atomic mass is 16.5. The molecule has 0 aliphatic rings. The third kappa shape index (κ3) is 2.10. The summed E-state index contributed by atoms with van der Waals surface area (Å²) in [6.45, 7) is 0.632. The molecular weight excluding hydrogens is 250 g/mol. The molecule has 0 fully saturated rings. The first-order chi connectivity index (χ1) is 9.81. The summed E-state index contributed by atoms with van der Waals surface area (Å²) < 4.78 is 7.33. The van der Waals surface area contributed by atoms with Crippen LogP contribution in [0.5, 0.6) is 5.75 Å². The third-order valence-corrected chi connectivity index (χ3v) is 3.32. The predicted octanol–water partition coefficient (Wildman–Crippen LogP) is 2.96. The van der Waals surface area contributed by atoms with Gasteiger partial charge in [0.25, 0.3) is 0 Å².